The fourth-order valence-electron chi connectivity index (χ4n) is 3.71. The van der Waals surface area contributed by atoms with Crippen LogP contribution in [0.25, 0.3) is 21.9 Å². The van der Waals surface area contributed by atoms with Crippen LogP contribution >= 0.6 is 0 Å². The third-order valence-electron chi connectivity index (χ3n) is 4.72. The van der Waals surface area contributed by atoms with Gasteiger partial charge >= 0.3 is 0 Å². The molecular weight excluding hydrogens is 272 g/mol. The van der Waals surface area contributed by atoms with E-state index in [-0.39, 0.29) is 6.04 Å². The second kappa shape index (κ2) is 4.44. The predicted octanol–water partition coefficient (Wildman–Crippen LogP) is 3.77. The second-order valence-corrected chi connectivity index (χ2v) is 5.96. The van der Waals surface area contributed by atoms with Gasteiger partial charge in [-0.25, -0.2) is 4.68 Å². The third kappa shape index (κ3) is 1.58. The average Bonchev–Trinajstić information content (AvgIpc) is 3.16. The summed E-state index contributed by atoms with van der Waals surface area (Å²) >= 11 is 0. The molecule has 0 bridgehead atoms. The first-order chi connectivity index (χ1) is 10.9. The van der Waals surface area contributed by atoms with Crippen LogP contribution in [0.3, 0.4) is 0 Å². The minimum atomic E-state index is 0.272. The number of hydrogen-bond donors (Lipinski definition) is 0. The van der Waals surface area contributed by atoms with Gasteiger partial charge in [-0.1, -0.05) is 35.5 Å². The SMILES string of the molecule is c1ccc2c(c1)cc1n2CCCC1n1nnc2ccccc21. The molecule has 2 aromatic carbocycles. The topological polar surface area (TPSA) is 35.6 Å². The molecule has 0 aliphatic carbocycles. The van der Waals surface area contributed by atoms with E-state index in [0.717, 1.165) is 24.0 Å². The fraction of sp³-hybridized carbons (Fsp3) is 0.222. The number of aromatic nitrogens is 4. The van der Waals surface area contributed by atoms with Gasteiger partial charge in [0, 0.05) is 17.8 Å². The summed E-state index contributed by atoms with van der Waals surface area (Å²) in [6.45, 7) is 1.09. The smallest absolute Gasteiger partial charge is 0.113 e. The molecule has 1 atom stereocenters. The van der Waals surface area contributed by atoms with E-state index < -0.39 is 0 Å². The zero-order valence-corrected chi connectivity index (χ0v) is 12.2. The molecule has 0 N–H and O–H groups in total. The first kappa shape index (κ1) is 12.0. The molecule has 0 saturated carbocycles. The standard InChI is InChI=1S/C18H16N4/c1-3-8-15-13(6-1)12-18-17(10-5-11-21(15)18)22-16-9-4-2-7-14(16)19-20-22/h1-4,6-9,12,17H,5,10-11H2. The zero-order valence-electron chi connectivity index (χ0n) is 12.2. The Morgan fingerprint density at radius 2 is 1.77 bits per heavy atom. The van der Waals surface area contributed by atoms with Crippen LogP contribution in [0.1, 0.15) is 24.6 Å². The van der Waals surface area contributed by atoms with Gasteiger partial charge in [0.2, 0.25) is 0 Å². The van der Waals surface area contributed by atoms with Crippen molar-refractivity contribution in [3.05, 3.63) is 60.3 Å². The van der Waals surface area contributed by atoms with Gasteiger partial charge < -0.3 is 4.57 Å². The summed E-state index contributed by atoms with van der Waals surface area (Å²) in [4.78, 5) is 0. The predicted molar refractivity (Wildman–Crippen MR) is 86.8 cm³/mol. The average molecular weight is 288 g/mol. The van der Waals surface area contributed by atoms with Crippen molar-refractivity contribution in [2.45, 2.75) is 25.4 Å². The number of aryl methyl sites for hydroxylation is 1. The van der Waals surface area contributed by atoms with Gasteiger partial charge in [0.25, 0.3) is 0 Å². The molecule has 0 radical (unpaired) electrons. The molecule has 22 heavy (non-hydrogen) atoms. The van der Waals surface area contributed by atoms with Crippen LogP contribution in [0, 0.1) is 0 Å². The molecule has 4 nitrogen and oxygen atoms in total. The summed E-state index contributed by atoms with van der Waals surface area (Å²) in [5.74, 6) is 0. The summed E-state index contributed by atoms with van der Waals surface area (Å²) in [5.41, 5.74) is 4.76. The number of para-hydroxylation sites is 2. The maximum Gasteiger partial charge on any atom is 0.113 e. The summed E-state index contributed by atoms with van der Waals surface area (Å²) in [7, 11) is 0. The Morgan fingerprint density at radius 1 is 0.955 bits per heavy atom. The Bertz CT molecular complexity index is 979. The van der Waals surface area contributed by atoms with Crippen molar-refractivity contribution in [2.24, 2.45) is 0 Å². The van der Waals surface area contributed by atoms with Gasteiger partial charge in [0.05, 0.1) is 11.6 Å². The summed E-state index contributed by atoms with van der Waals surface area (Å²) in [5, 5.41) is 10.1. The van der Waals surface area contributed by atoms with E-state index in [9.17, 15) is 0 Å². The van der Waals surface area contributed by atoms with Crippen LogP contribution in [-0.4, -0.2) is 19.6 Å². The van der Waals surface area contributed by atoms with Crippen molar-refractivity contribution in [3.8, 4) is 0 Å². The lowest BCUT2D eigenvalue weighted by Crippen LogP contribution is -2.21. The van der Waals surface area contributed by atoms with Crippen LogP contribution < -0.4 is 0 Å². The van der Waals surface area contributed by atoms with E-state index in [1.807, 2.05) is 12.1 Å². The lowest BCUT2D eigenvalue weighted by molar-refractivity contribution is 0.395. The molecule has 108 valence electrons. The van der Waals surface area contributed by atoms with Crippen molar-refractivity contribution in [3.63, 3.8) is 0 Å². The Balaban J connectivity index is 1.75. The minimum absolute atomic E-state index is 0.272. The molecule has 1 unspecified atom stereocenters. The maximum atomic E-state index is 4.44. The van der Waals surface area contributed by atoms with Crippen molar-refractivity contribution in [1.29, 1.82) is 0 Å². The van der Waals surface area contributed by atoms with E-state index in [1.54, 1.807) is 0 Å². The first-order valence-corrected chi connectivity index (χ1v) is 7.80. The van der Waals surface area contributed by atoms with Crippen LogP contribution in [0.5, 0.6) is 0 Å². The van der Waals surface area contributed by atoms with Gasteiger partial charge in [-0.3, -0.25) is 0 Å². The maximum absolute atomic E-state index is 4.44. The van der Waals surface area contributed by atoms with E-state index in [2.05, 4.69) is 62.0 Å². The molecule has 5 rings (SSSR count). The van der Waals surface area contributed by atoms with Crippen molar-refractivity contribution >= 4 is 21.9 Å². The van der Waals surface area contributed by atoms with Gasteiger partial charge in [-0.15, -0.1) is 5.10 Å². The molecule has 4 heteroatoms. The second-order valence-electron chi connectivity index (χ2n) is 5.96. The summed E-state index contributed by atoms with van der Waals surface area (Å²) in [6, 6.07) is 19.4. The summed E-state index contributed by atoms with van der Waals surface area (Å²) < 4.78 is 4.54. The van der Waals surface area contributed by atoms with E-state index in [0.29, 0.717) is 0 Å². The minimum Gasteiger partial charge on any atom is -0.343 e. The van der Waals surface area contributed by atoms with Gasteiger partial charge in [-0.05, 0) is 42.5 Å². The summed E-state index contributed by atoms with van der Waals surface area (Å²) in [6.07, 6.45) is 2.29. The van der Waals surface area contributed by atoms with Crippen molar-refractivity contribution in [1.82, 2.24) is 19.6 Å². The van der Waals surface area contributed by atoms with Gasteiger partial charge in [0.1, 0.15) is 5.52 Å². The van der Waals surface area contributed by atoms with Crippen molar-refractivity contribution < 1.29 is 0 Å². The van der Waals surface area contributed by atoms with Gasteiger partial charge in [-0.2, -0.15) is 0 Å². The van der Waals surface area contributed by atoms with E-state index in [1.165, 1.54) is 23.0 Å². The van der Waals surface area contributed by atoms with Crippen LogP contribution in [0.15, 0.2) is 54.6 Å². The van der Waals surface area contributed by atoms with E-state index >= 15 is 0 Å². The van der Waals surface area contributed by atoms with Crippen LogP contribution in [-0.2, 0) is 6.54 Å². The highest BCUT2D eigenvalue weighted by Crippen LogP contribution is 2.34. The fourth-order valence-corrected chi connectivity index (χ4v) is 3.71. The Kier molecular flexibility index (Phi) is 2.41. The molecule has 0 saturated heterocycles. The lowest BCUT2D eigenvalue weighted by Gasteiger charge is -2.25. The molecule has 0 amide bonds. The van der Waals surface area contributed by atoms with E-state index in [4.69, 9.17) is 0 Å². The number of nitrogens with zero attached hydrogens (tertiary/aromatic N) is 4. The highest BCUT2D eigenvalue weighted by atomic mass is 15.4. The normalized spacial score (nSPS) is 17.9. The van der Waals surface area contributed by atoms with Crippen LogP contribution in [0.2, 0.25) is 0 Å². The first-order valence-electron chi connectivity index (χ1n) is 7.80. The quantitative estimate of drug-likeness (QED) is 0.534. The Labute approximate surface area is 128 Å². The number of rotatable bonds is 1. The number of benzene rings is 2. The molecule has 0 fully saturated rings. The van der Waals surface area contributed by atoms with Gasteiger partial charge in [0.15, 0.2) is 0 Å². The molecule has 4 aromatic rings. The van der Waals surface area contributed by atoms with Crippen LogP contribution in [0.4, 0.5) is 0 Å². The monoisotopic (exact) mass is 288 g/mol. The zero-order chi connectivity index (χ0) is 14.5. The molecule has 2 aromatic heterocycles. The molecule has 0 spiro atoms. The molecule has 1 aliphatic heterocycles. The number of fused-ring (bicyclic) bond motifs is 4. The highest BCUT2D eigenvalue weighted by molar-refractivity contribution is 5.82. The highest BCUT2D eigenvalue weighted by Gasteiger charge is 2.25. The molecular formula is C18H16N4. The Morgan fingerprint density at radius 3 is 2.73 bits per heavy atom. The van der Waals surface area contributed by atoms with Crippen molar-refractivity contribution in [2.75, 3.05) is 0 Å². The third-order valence-corrected chi connectivity index (χ3v) is 4.72. The largest absolute Gasteiger partial charge is 0.343 e. The lowest BCUT2D eigenvalue weighted by atomic mass is 10.0. The molecule has 3 heterocycles. The Hall–Kier alpha value is -2.62. The number of hydrogen-bond acceptors (Lipinski definition) is 2. The molecule has 1 aliphatic rings.